The molecule has 4 nitrogen and oxygen atoms in total. The second-order valence-corrected chi connectivity index (χ2v) is 5.51. The van der Waals surface area contributed by atoms with E-state index < -0.39 is 0 Å². The Balaban J connectivity index is 2.21. The van der Waals surface area contributed by atoms with Crippen molar-refractivity contribution < 1.29 is 4.74 Å². The summed E-state index contributed by atoms with van der Waals surface area (Å²) in [6.45, 7) is 9.80. The summed E-state index contributed by atoms with van der Waals surface area (Å²) >= 11 is 0. The average molecular weight is 305 g/mol. The lowest BCUT2D eigenvalue weighted by atomic mass is 10.0. The van der Waals surface area contributed by atoms with Crippen LogP contribution >= 0.6 is 0 Å². The van der Waals surface area contributed by atoms with Gasteiger partial charge in [-0.15, -0.1) is 0 Å². The van der Waals surface area contributed by atoms with E-state index >= 15 is 0 Å². The van der Waals surface area contributed by atoms with E-state index in [0.29, 0.717) is 0 Å². The van der Waals surface area contributed by atoms with Gasteiger partial charge in [-0.2, -0.15) is 0 Å². The molecule has 4 heteroatoms. The zero-order chi connectivity index (χ0) is 16.2. The van der Waals surface area contributed by atoms with Crippen molar-refractivity contribution in [2.45, 2.75) is 40.0 Å². The summed E-state index contributed by atoms with van der Waals surface area (Å²) in [6.07, 6.45) is 3.19. The van der Waals surface area contributed by atoms with Crippen LogP contribution in [0.5, 0.6) is 0 Å². The molecule has 0 heterocycles. The number of nitrogens with one attached hydrogen (secondary N) is 2. The highest BCUT2D eigenvalue weighted by Crippen LogP contribution is 2.10. The Hall–Kier alpha value is -1.55. The minimum absolute atomic E-state index is 0.801. The second kappa shape index (κ2) is 11.1. The first-order valence-electron chi connectivity index (χ1n) is 8.25. The van der Waals surface area contributed by atoms with E-state index in [1.165, 1.54) is 16.7 Å². The number of aliphatic imine (C=N–C) groups is 1. The molecule has 124 valence electrons. The van der Waals surface area contributed by atoms with Gasteiger partial charge in [0.25, 0.3) is 0 Å². The van der Waals surface area contributed by atoms with Crippen molar-refractivity contribution >= 4 is 5.96 Å². The van der Waals surface area contributed by atoms with Gasteiger partial charge < -0.3 is 15.4 Å². The SMILES string of the molecule is CCOCCCCNC(=NC)NCCc1ccc(C)cc1C. The molecule has 0 spiro atoms. The average Bonchev–Trinajstić information content (AvgIpc) is 2.50. The van der Waals surface area contributed by atoms with Crippen LogP contribution in [-0.4, -0.2) is 39.3 Å². The highest BCUT2D eigenvalue weighted by molar-refractivity contribution is 5.79. The quantitative estimate of drug-likeness (QED) is 0.419. The van der Waals surface area contributed by atoms with Crippen LogP contribution < -0.4 is 10.6 Å². The molecule has 1 aromatic rings. The second-order valence-electron chi connectivity index (χ2n) is 5.51. The van der Waals surface area contributed by atoms with E-state index in [9.17, 15) is 0 Å². The molecule has 0 atom stereocenters. The smallest absolute Gasteiger partial charge is 0.190 e. The van der Waals surface area contributed by atoms with Crippen LogP contribution in [0.1, 0.15) is 36.5 Å². The molecular weight excluding hydrogens is 274 g/mol. The van der Waals surface area contributed by atoms with Crippen LogP contribution in [0.2, 0.25) is 0 Å². The number of unbranched alkanes of at least 4 members (excludes halogenated alkanes) is 1. The Labute approximate surface area is 135 Å². The van der Waals surface area contributed by atoms with Crippen LogP contribution in [0.3, 0.4) is 0 Å². The topological polar surface area (TPSA) is 45.6 Å². The molecule has 0 bridgehead atoms. The Morgan fingerprint density at radius 1 is 1.14 bits per heavy atom. The highest BCUT2D eigenvalue weighted by Gasteiger charge is 2.00. The largest absolute Gasteiger partial charge is 0.382 e. The van der Waals surface area contributed by atoms with E-state index in [-0.39, 0.29) is 0 Å². The molecule has 0 saturated heterocycles. The normalized spacial score (nSPS) is 11.5. The molecule has 0 radical (unpaired) electrons. The summed E-state index contributed by atoms with van der Waals surface area (Å²) in [5.41, 5.74) is 4.07. The number of guanidine groups is 1. The molecule has 22 heavy (non-hydrogen) atoms. The van der Waals surface area contributed by atoms with Gasteiger partial charge in [0.15, 0.2) is 5.96 Å². The van der Waals surface area contributed by atoms with Gasteiger partial charge in [0, 0.05) is 33.4 Å². The molecule has 0 unspecified atom stereocenters. The van der Waals surface area contributed by atoms with Crippen molar-refractivity contribution in [1.29, 1.82) is 0 Å². The number of ether oxygens (including phenoxy) is 1. The summed E-state index contributed by atoms with van der Waals surface area (Å²) in [7, 11) is 1.81. The third-order valence-corrected chi connectivity index (χ3v) is 3.62. The lowest BCUT2D eigenvalue weighted by Gasteiger charge is -2.13. The van der Waals surface area contributed by atoms with Gasteiger partial charge in [-0.3, -0.25) is 4.99 Å². The first-order valence-corrected chi connectivity index (χ1v) is 8.25. The minimum Gasteiger partial charge on any atom is -0.382 e. The summed E-state index contributed by atoms with van der Waals surface area (Å²) in [4.78, 5) is 4.25. The van der Waals surface area contributed by atoms with Crippen molar-refractivity contribution in [3.63, 3.8) is 0 Å². The van der Waals surface area contributed by atoms with Gasteiger partial charge in [0.05, 0.1) is 0 Å². The van der Waals surface area contributed by atoms with Gasteiger partial charge in [0.1, 0.15) is 0 Å². The van der Waals surface area contributed by atoms with Gasteiger partial charge in [-0.1, -0.05) is 23.8 Å². The molecule has 0 aliphatic carbocycles. The van der Waals surface area contributed by atoms with Crippen LogP contribution in [0.25, 0.3) is 0 Å². The fourth-order valence-corrected chi connectivity index (χ4v) is 2.34. The summed E-state index contributed by atoms with van der Waals surface area (Å²) in [6, 6.07) is 6.63. The maximum Gasteiger partial charge on any atom is 0.190 e. The van der Waals surface area contributed by atoms with Gasteiger partial charge in [-0.05, 0) is 51.2 Å². The van der Waals surface area contributed by atoms with Crippen molar-refractivity contribution in [3.05, 3.63) is 34.9 Å². The molecular formula is C18H31N3O. The number of aryl methyl sites for hydroxylation is 2. The Bertz CT molecular complexity index is 458. The zero-order valence-electron chi connectivity index (χ0n) is 14.5. The molecule has 2 N–H and O–H groups in total. The Kier molecular flexibility index (Phi) is 9.31. The van der Waals surface area contributed by atoms with E-state index in [1.807, 2.05) is 14.0 Å². The van der Waals surface area contributed by atoms with Crippen molar-refractivity contribution in [2.24, 2.45) is 4.99 Å². The standard InChI is InChI=1S/C18H31N3O/c1-5-22-13-7-6-11-20-18(19-4)21-12-10-17-9-8-15(2)14-16(17)3/h8-9,14H,5-7,10-13H2,1-4H3,(H2,19,20,21). The number of benzene rings is 1. The fourth-order valence-electron chi connectivity index (χ4n) is 2.34. The Morgan fingerprint density at radius 2 is 1.91 bits per heavy atom. The number of hydrogen-bond acceptors (Lipinski definition) is 2. The highest BCUT2D eigenvalue weighted by atomic mass is 16.5. The first kappa shape index (κ1) is 18.5. The van der Waals surface area contributed by atoms with Crippen molar-refractivity contribution in [3.8, 4) is 0 Å². The van der Waals surface area contributed by atoms with E-state index in [0.717, 1.165) is 51.5 Å². The summed E-state index contributed by atoms with van der Waals surface area (Å²) < 4.78 is 5.33. The maximum atomic E-state index is 5.33. The molecule has 1 aromatic carbocycles. The molecule has 0 aromatic heterocycles. The molecule has 0 aliphatic heterocycles. The Morgan fingerprint density at radius 3 is 2.59 bits per heavy atom. The van der Waals surface area contributed by atoms with Crippen LogP contribution in [0.4, 0.5) is 0 Å². The van der Waals surface area contributed by atoms with Crippen LogP contribution in [-0.2, 0) is 11.2 Å². The van der Waals surface area contributed by atoms with E-state index in [2.05, 4.69) is 47.7 Å². The van der Waals surface area contributed by atoms with Crippen molar-refractivity contribution in [1.82, 2.24) is 10.6 Å². The van der Waals surface area contributed by atoms with Gasteiger partial charge >= 0.3 is 0 Å². The van der Waals surface area contributed by atoms with Crippen LogP contribution in [0, 0.1) is 13.8 Å². The number of nitrogens with zero attached hydrogens (tertiary/aromatic N) is 1. The molecule has 0 aliphatic rings. The van der Waals surface area contributed by atoms with E-state index in [4.69, 9.17) is 4.74 Å². The summed E-state index contributed by atoms with van der Waals surface area (Å²) in [5, 5.41) is 6.71. The maximum absolute atomic E-state index is 5.33. The minimum atomic E-state index is 0.801. The van der Waals surface area contributed by atoms with Gasteiger partial charge in [-0.25, -0.2) is 0 Å². The predicted octanol–water partition coefficient (Wildman–Crippen LogP) is 2.83. The third-order valence-electron chi connectivity index (χ3n) is 3.62. The predicted molar refractivity (Wildman–Crippen MR) is 94.7 cm³/mol. The monoisotopic (exact) mass is 305 g/mol. The molecule has 0 fully saturated rings. The lowest BCUT2D eigenvalue weighted by Crippen LogP contribution is -2.38. The summed E-state index contributed by atoms with van der Waals surface area (Å²) in [5.74, 6) is 0.876. The first-order chi connectivity index (χ1) is 10.7. The molecule has 0 amide bonds. The van der Waals surface area contributed by atoms with Crippen LogP contribution in [0.15, 0.2) is 23.2 Å². The third kappa shape index (κ3) is 7.46. The molecule has 0 saturated carbocycles. The zero-order valence-corrected chi connectivity index (χ0v) is 14.5. The number of rotatable bonds is 9. The lowest BCUT2D eigenvalue weighted by molar-refractivity contribution is 0.143. The van der Waals surface area contributed by atoms with E-state index in [1.54, 1.807) is 0 Å². The number of hydrogen-bond donors (Lipinski definition) is 2. The van der Waals surface area contributed by atoms with Crippen molar-refractivity contribution in [2.75, 3.05) is 33.4 Å². The molecule has 1 rings (SSSR count). The fraction of sp³-hybridized carbons (Fsp3) is 0.611. The van der Waals surface area contributed by atoms with Gasteiger partial charge in [0.2, 0.25) is 0 Å².